The average molecular weight is 532 g/mol. The van der Waals surface area contributed by atoms with Gasteiger partial charge in [0.15, 0.2) is 0 Å². The molecular formula is C25H28ClF2N7O2. The first kappa shape index (κ1) is 27.7. The molecule has 2 heterocycles. The summed E-state index contributed by atoms with van der Waals surface area (Å²) in [6.45, 7) is 4.23. The second kappa shape index (κ2) is 11.5. The zero-order valence-corrected chi connectivity index (χ0v) is 21.8. The van der Waals surface area contributed by atoms with Gasteiger partial charge in [0.2, 0.25) is 0 Å². The number of hydrogen-bond acceptors (Lipinski definition) is 8. The second-order valence-corrected chi connectivity index (χ2v) is 8.99. The van der Waals surface area contributed by atoms with E-state index < -0.39 is 19.1 Å². The predicted molar refractivity (Wildman–Crippen MR) is 140 cm³/mol. The lowest BCUT2D eigenvalue weighted by Crippen LogP contribution is -2.22. The van der Waals surface area contributed by atoms with Gasteiger partial charge in [-0.15, -0.1) is 0 Å². The molecule has 2 aromatic heterocycles. The minimum absolute atomic E-state index is 0.132. The van der Waals surface area contributed by atoms with Crippen molar-refractivity contribution in [3.05, 3.63) is 58.1 Å². The van der Waals surface area contributed by atoms with Crippen molar-refractivity contribution in [1.82, 2.24) is 19.9 Å². The number of anilines is 2. The van der Waals surface area contributed by atoms with Crippen LogP contribution in [0.2, 0.25) is 5.02 Å². The van der Waals surface area contributed by atoms with Gasteiger partial charge >= 0.3 is 0 Å². The Kier molecular flexibility index (Phi) is 8.59. The third-order valence-electron chi connectivity index (χ3n) is 5.61. The number of rotatable bonds is 9. The van der Waals surface area contributed by atoms with E-state index >= 15 is 0 Å². The largest absolute Gasteiger partial charge is 0.487 e. The fraction of sp³-hybridized carbons (Fsp3) is 0.320. The van der Waals surface area contributed by atoms with E-state index in [0.717, 1.165) is 0 Å². The zero-order valence-electron chi connectivity index (χ0n) is 21.1. The Bertz CT molecular complexity index is 1320. The highest BCUT2D eigenvalue weighted by molar-refractivity contribution is 6.32. The summed E-state index contributed by atoms with van der Waals surface area (Å²) in [6.07, 6.45) is 0.0293. The summed E-state index contributed by atoms with van der Waals surface area (Å²) in [7, 11) is 3.24. The Morgan fingerprint density at radius 3 is 2.54 bits per heavy atom. The van der Waals surface area contributed by atoms with Crippen LogP contribution >= 0.6 is 11.6 Å². The van der Waals surface area contributed by atoms with Crippen LogP contribution in [0.1, 0.15) is 47.1 Å². The Balaban J connectivity index is 2.15. The first-order valence-corrected chi connectivity index (χ1v) is 11.6. The summed E-state index contributed by atoms with van der Waals surface area (Å²) in [5.74, 6) is 0.348. The van der Waals surface area contributed by atoms with Gasteiger partial charge in [0.25, 0.3) is 12.3 Å². The van der Waals surface area contributed by atoms with Gasteiger partial charge in [-0.1, -0.05) is 17.7 Å². The van der Waals surface area contributed by atoms with Gasteiger partial charge in [0.05, 0.1) is 11.6 Å². The highest BCUT2D eigenvalue weighted by Crippen LogP contribution is 2.43. The van der Waals surface area contributed by atoms with E-state index in [-0.39, 0.29) is 28.9 Å². The second-order valence-electron chi connectivity index (χ2n) is 8.58. The Morgan fingerprint density at radius 2 is 1.97 bits per heavy atom. The molecule has 12 heteroatoms. The van der Waals surface area contributed by atoms with Crippen molar-refractivity contribution in [1.29, 1.82) is 5.41 Å². The number of nitrogens with two attached hydrogens (primary N) is 1. The molecule has 1 atom stereocenters. The number of benzene rings is 1. The van der Waals surface area contributed by atoms with Crippen molar-refractivity contribution >= 4 is 34.9 Å². The highest BCUT2D eigenvalue weighted by Gasteiger charge is 2.24. The number of hydrogen-bond donors (Lipinski definition) is 3. The predicted octanol–water partition coefficient (Wildman–Crippen LogP) is 4.99. The molecule has 1 aromatic carbocycles. The summed E-state index contributed by atoms with van der Waals surface area (Å²) in [5, 5.41) is 11.6. The number of aromatic nitrogens is 3. The Hall–Kier alpha value is -3.86. The number of ether oxygens (including phenoxy) is 1. The monoisotopic (exact) mass is 531 g/mol. The molecule has 1 amide bonds. The van der Waals surface area contributed by atoms with Crippen LogP contribution in [0, 0.1) is 12.3 Å². The topological polar surface area (TPSA) is 130 Å². The average Bonchev–Trinajstić information content (AvgIpc) is 2.83. The summed E-state index contributed by atoms with van der Waals surface area (Å²) in [6, 6.07) is 4.30. The lowest BCUT2D eigenvalue weighted by Gasteiger charge is -2.24. The molecule has 0 aliphatic rings. The van der Waals surface area contributed by atoms with Crippen molar-refractivity contribution in [3.8, 4) is 16.9 Å². The number of pyridine rings is 1. The van der Waals surface area contributed by atoms with Crippen LogP contribution in [0.5, 0.6) is 5.75 Å². The smallest absolute Gasteiger partial charge is 0.272 e. The van der Waals surface area contributed by atoms with Crippen molar-refractivity contribution in [2.24, 2.45) is 0 Å². The normalized spacial score (nSPS) is 11.8. The van der Waals surface area contributed by atoms with Gasteiger partial charge in [-0.3, -0.25) is 9.78 Å². The van der Waals surface area contributed by atoms with Crippen LogP contribution < -0.4 is 15.8 Å². The number of alkyl halides is 2. The molecule has 3 aromatic rings. The lowest BCUT2D eigenvalue weighted by molar-refractivity contribution is 0.0813. The molecule has 0 spiro atoms. The van der Waals surface area contributed by atoms with E-state index in [9.17, 15) is 13.6 Å². The molecule has 9 nitrogen and oxygen atoms in total. The molecule has 37 heavy (non-hydrogen) atoms. The zero-order chi connectivity index (χ0) is 27.4. The summed E-state index contributed by atoms with van der Waals surface area (Å²) < 4.78 is 32.1. The van der Waals surface area contributed by atoms with E-state index in [1.165, 1.54) is 17.4 Å². The molecule has 1 unspecified atom stereocenters. The summed E-state index contributed by atoms with van der Waals surface area (Å²) in [4.78, 5) is 26.1. The molecule has 4 N–H and O–H groups in total. The quantitative estimate of drug-likeness (QED) is 0.331. The van der Waals surface area contributed by atoms with Gasteiger partial charge in [-0.25, -0.2) is 18.7 Å². The maximum atomic E-state index is 13.2. The number of carbonyl (C=O) groups excluding carboxylic acids is 1. The summed E-state index contributed by atoms with van der Waals surface area (Å²) >= 11 is 6.59. The van der Waals surface area contributed by atoms with Crippen LogP contribution in [-0.4, -0.2) is 58.6 Å². The fourth-order valence-corrected chi connectivity index (χ4v) is 3.99. The first-order chi connectivity index (χ1) is 17.4. The van der Waals surface area contributed by atoms with Crippen molar-refractivity contribution in [3.63, 3.8) is 0 Å². The van der Waals surface area contributed by atoms with Gasteiger partial charge in [0.1, 0.15) is 36.0 Å². The number of nitrogens with one attached hydrogen (secondary N) is 2. The molecule has 0 fully saturated rings. The number of nitrogens with zero attached hydrogens (tertiary/aromatic N) is 4. The van der Waals surface area contributed by atoms with E-state index in [0.29, 0.717) is 38.7 Å². The number of nitrogen functional groups attached to an aromatic ring is 1. The molecule has 0 saturated heterocycles. The minimum atomic E-state index is -2.72. The van der Waals surface area contributed by atoms with Gasteiger partial charge in [-0.05, 0) is 38.5 Å². The van der Waals surface area contributed by atoms with Crippen LogP contribution in [-0.2, 0) is 0 Å². The van der Waals surface area contributed by atoms with Crippen molar-refractivity contribution in [2.45, 2.75) is 33.2 Å². The van der Waals surface area contributed by atoms with E-state index in [4.69, 9.17) is 27.5 Å². The Labute approximate surface area is 218 Å². The molecule has 0 aliphatic carbocycles. The van der Waals surface area contributed by atoms with Crippen molar-refractivity contribution in [2.75, 3.05) is 31.8 Å². The number of halogens is 3. The molecule has 0 aliphatic heterocycles. The first-order valence-electron chi connectivity index (χ1n) is 11.3. The maximum Gasteiger partial charge on any atom is 0.272 e. The molecular weight excluding hydrogens is 504 g/mol. The third-order valence-corrected chi connectivity index (χ3v) is 6.00. The molecule has 3 rings (SSSR count). The van der Waals surface area contributed by atoms with E-state index in [1.807, 2.05) is 0 Å². The van der Waals surface area contributed by atoms with Crippen LogP contribution in [0.25, 0.3) is 11.1 Å². The standard InChI is InChI=1S/C25H28ClF2N7O2/c1-12-17(26)8-16(14(3)34-24-21(13(2)29)23(30)32-11-33-24)22(37-10-19(27)28)20(12)15-6-7-18(31-9-15)25(36)35(4)5/h6-9,11,14,19,29H,10H2,1-5H3,(H3,30,32,33,34). The van der Waals surface area contributed by atoms with Crippen LogP contribution in [0.4, 0.5) is 20.4 Å². The molecule has 0 radical (unpaired) electrons. The third kappa shape index (κ3) is 6.11. The van der Waals surface area contributed by atoms with E-state index in [1.54, 1.807) is 53.1 Å². The maximum absolute atomic E-state index is 13.2. The summed E-state index contributed by atoms with van der Waals surface area (Å²) in [5.41, 5.74) is 8.74. The highest BCUT2D eigenvalue weighted by atomic mass is 35.5. The minimum Gasteiger partial charge on any atom is -0.487 e. The van der Waals surface area contributed by atoms with Gasteiger partial charge < -0.3 is 26.1 Å². The van der Waals surface area contributed by atoms with Crippen molar-refractivity contribution < 1.29 is 18.3 Å². The Morgan fingerprint density at radius 1 is 1.27 bits per heavy atom. The lowest BCUT2D eigenvalue weighted by atomic mass is 9.94. The molecule has 0 bridgehead atoms. The van der Waals surface area contributed by atoms with Gasteiger partial charge in [0, 0.05) is 47.7 Å². The fourth-order valence-electron chi connectivity index (χ4n) is 3.77. The SMILES string of the molecule is CC(=N)c1c(N)ncnc1NC(C)c1cc(Cl)c(C)c(-c2ccc(C(=O)N(C)C)nc2)c1OCC(F)F. The molecule has 196 valence electrons. The number of amides is 1. The molecule has 0 saturated carbocycles. The number of carbonyl (C=O) groups is 1. The van der Waals surface area contributed by atoms with Crippen LogP contribution in [0.3, 0.4) is 0 Å². The van der Waals surface area contributed by atoms with Crippen LogP contribution in [0.15, 0.2) is 30.7 Å². The van der Waals surface area contributed by atoms with Gasteiger partial charge in [-0.2, -0.15) is 0 Å². The van der Waals surface area contributed by atoms with E-state index in [2.05, 4.69) is 20.3 Å².